The van der Waals surface area contributed by atoms with Crippen molar-refractivity contribution in [2.75, 3.05) is 37.7 Å². The van der Waals surface area contributed by atoms with E-state index in [1.54, 1.807) is 6.33 Å². The van der Waals surface area contributed by atoms with Crippen molar-refractivity contribution < 1.29 is 9.53 Å². The van der Waals surface area contributed by atoms with Gasteiger partial charge in [-0.05, 0) is 36.2 Å². The van der Waals surface area contributed by atoms with Gasteiger partial charge in [-0.15, -0.1) is 0 Å². The van der Waals surface area contributed by atoms with Crippen molar-refractivity contribution in [3.8, 4) is 5.75 Å². The minimum absolute atomic E-state index is 0.200. The van der Waals surface area contributed by atoms with Crippen LogP contribution in [-0.2, 0) is 4.79 Å². The Morgan fingerprint density at radius 3 is 2.59 bits per heavy atom. The molecule has 4 rings (SSSR count). The summed E-state index contributed by atoms with van der Waals surface area (Å²) in [5.74, 6) is 1.99. The van der Waals surface area contributed by atoms with Gasteiger partial charge in [0.25, 0.3) is 0 Å². The van der Waals surface area contributed by atoms with Gasteiger partial charge in [0.15, 0.2) is 0 Å². The molecule has 1 aliphatic rings. The van der Waals surface area contributed by atoms with E-state index in [4.69, 9.17) is 4.74 Å². The van der Waals surface area contributed by atoms with Gasteiger partial charge in [-0.3, -0.25) is 4.79 Å². The van der Waals surface area contributed by atoms with E-state index < -0.39 is 0 Å². The summed E-state index contributed by atoms with van der Waals surface area (Å²) in [6, 6.07) is 16.3. The fourth-order valence-corrected chi connectivity index (χ4v) is 3.63. The van der Waals surface area contributed by atoms with Crippen molar-refractivity contribution in [1.82, 2.24) is 14.9 Å². The van der Waals surface area contributed by atoms with Crippen molar-refractivity contribution in [2.45, 2.75) is 19.8 Å². The molecule has 1 saturated heterocycles. The van der Waals surface area contributed by atoms with Crippen molar-refractivity contribution in [3.63, 3.8) is 0 Å². The van der Waals surface area contributed by atoms with Crippen LogP contribution >= 0.6 is 0 Å². The number of ether oxygens (including phenoxy) is 1. The Hall–Kier alpha value is -3.15. The largest absolute Gasteiger partial charge is 0.494 e. The molecule has 1 amide bonds. The third-order valence-electron chi connectivity index (χ3n) is 5.27. The van der Waals surface area contributed by atoms with Gasteiger partial charge in [0.2, 0.25) is 5.91 Å². The number of aromatic nitrogens is 2. The highest BCUT2D eigenvalue weighted by Crippen LogP contribution is 2.21. The lowest BCUT2D eigenvalue weighted by Crippen LogP contribution is -2.49. The van der Waals surface area contributed by atoms with Crippen LogP contribution < -0.4 is 9.64 Å². The Bertz CT molecular complexity index is 983. The number of hydrogen-bond donors (Lipinski definition) is 0. The zero-order chi connectivity index (χ0) is 20.1. The van der Waals surface area contributed by atoms with Crippen LogP contribution in [0.3, 0.4) is 0 Å². The Balaban J connectivity index is 1.20. The van der Waals surface area contributed by atoms with Gasteiger partial charge in [0, 0.05) is 44.4 Å². The van der Waals surface area contributed by atoms with Gasteiger partial charge in [0.1, 0.15) is 17.9 Å². The summed E-state index contributed by atoms with van der Waals surface area (Å²) in [6.45, 7) is 5.57. The second-order valence-corrected chi connectivity index (χ2v) is 7.35. The zero-order valence-corrected chi connectivity index (χ0v) is 16.8. The topological polar surface area (TPSA) is 58.6 Å². The first-order chi connectivity index (χ1) is 14.2. The molecule has 6 nitrogen and oxygen atoms in total. The molecule has 0 unspecified atom stereocenters. The molecule has 0 saturated carbocycles. The third kappa shape index (κ3) is 4.83. The number of carbonyl (C=O) groups excluding carboxylic acids is 1. The predicted octanol–water partition coefficient (Wildman–Crippen LogP) is 3.45. The second kappa shape index (κ2) is 8.90. The smallest absolute Gasteiger partial charge is 0.222 e. The average Bonchev–Trinajstić information content (AvgIpc) is 2.76. The highest BCUT2D eigenvalue weighted by molar-refractivity contribution is 5.83. The molecule has 29 heavy (non-hydrogen) atoms. The Kier molecular flexibility index (Phi) is 5.89. The molecule has 0 atom stereocenters. The highest BCUT2D eigenvalue weighted by atomic mass is 16.5. The monoisotopic (exact) mass is 390 g/mol. The van der Waals surface area contributed by atoms with Crippen molar-refractivity contribution in [2.24, 2.45) is 0 Å². The molecule has 0 bridgehead atoms. The van der Waals surface area contributed by atoms with E-state index >= 15 is 0 Å². The molecule has 1 aliphatic heterocycles. The van der Waals surface area contributed by atoms with Gasteiger partial charge in [0.05, 0.1) is 6.61 Å². The molecule has 1 fully saturated rings. The lowest BCUT2D eigenvalue weighted by Gasteiger charge is -2.35. The molecule has 3 aromatic rings. The van der Waals surface area contributed by atoms with E-state index in [-0.39, 0.29) is 5.91 Å². The summed E-state index contributed by atoms with van der Waals surface area (Å²) < 4.78 is 5.84. The quantitative estimate of drug-likeness (QED) is 0.604. The normalized spacial score (nSPS) is 14.2. The van der Waals surface area contributed by atoms with Gasteiger partial charge in [-0.2, -0.15) is 0 Å². The van der Waals surface area contributed by atoms with Crippen LogP contribution in [0, 0.1) is 6.92 Å². The first-order valence-electron chi connectivity index (χ1n) is 10.1. The highest BCUT2D eigenvalue weighted by Gasteiger charge is 2.21. The SMILES string of the molecule is Cc1cc(N2CCN(C(=O)CCCOc3ccc4ccccc4c3)CC2)ncn1. The van der Waals surface area contributed by atoms with E-state index in [2.05, 4.69) is 33.1 Å². The van der Waals surface area contributed by atoms with Gasteiger partial charge in [-0.25, -0.2) is 9.97 Å². The maximum absolute atomic E-state index is 12.5. The zero-order valence-electron chi connectivity index (χ0n) is 16.8. The molecular weight excluding hydrogens is 364 g/mol. The van der Waals surface area contributed by atoms with Crippen molar-refractivity contribution in [1.29, 1.82) is 0 Å². The van der Waals surface area contributed by atoms with Crippen LogP contribution in [0.2, 0.25) is 0 Å². The number of anilines is 1. The first-order valence-corrected chi connectivity index (χ1v) is 10.1. The number of amides is 1. The number of rotatable bonds is 6. The van der Waals surface area contributed by atoms with Gasteiger partial charge >= 0.3 is 0 Å². The van der Waals surface area contributed by atoms with Gasteiger partial charge < -0.3 is 14.5 Å². The van der Waals surface area contributed by atoms with E-state index in [0.717, 1.165) is 55.2 Å². The fraction of sp³-hybridized carbons (Fsp3) is 0.348. The van der Waals surface area contributed by atoms with Crippen LogP contribution in [-0.4, -0.2) is 53.6 Å². The maximum atomic E-state index is 12.5. The van der Waals surface area contributed by atoms with Gasteiger partial charge in [-0.1, -0.05) is 30.3 Å². The number of nitrogens with zero attached hydrogens (tertiary/aromatic N) is 4. The molecule has 150 valence electrons. The fourth-order valence-electron chi connectivity index (χ4n) is 3.63. The van der Waals surface area contributed by atoms with E-state index in [9.17, 15) is 4.79 Å². The summed E-state index contributed by atoms with van der Waals surface area (Å²) in [4.78, 5) is 25.1. The van der Waals surface area contributed by atoms with E-state index in [0.29, 0.717) is 13.0 Å². The van der Waals surface area contributed by atoms with Crippen LogP contribution in [0.5, 0.6) is 5.75 Å². The molecule has 0 N–H and O–H groups in total. The number of benzene rings is 2. The average molecular weight is 390 g/mol. The van der Waals surface area contributed by atoms with Crippen molar-refractivity contribution in [3.05, 3.63) is 60.6 Å². The molecular formula is C23H26N4O2. The lowest BCUT2D eigenvalue weighted by molar-refractivity contribution is -0.131. The molecule has 1 aromatic heterocycles. The first kappa shape index (κ1) is 19.2. The molecule has 0 spiro atoms. The Morgan fingerprint density at radius 1 is 1.00 bits per heavy atom. The molecule has 0 radical (unpaired) electrons. The van der Waals surface area contributed by atoms with Crippen LogP contribution in [0.25, 0.3) is 10.8 Å². The Labute approximate surface area is 171 Å². The Morgan fingerprint density at radius 2 is 1.79 bits per heavy atom. The summed E-state index contributed by atoms with van der Waals surface area (Å²) in [5.41, 5.74) is 0.958. The summed E-state index contributed by atoms with van der Waals surface area (Å²) >= 11 is 0. The summed E-state index contributed by atoms with van der Waals surface area (Å²) in [5, 5.41) is 2.36. The number of fused-ring (bicyclic) bond motifs is 1. The molecule has 2 heterocycles. The van der Waals surface area contributed by atoms with Crippen LogP contribution in [0.15, 0.2) is 54.9 Å². The minimum atomic E-state index is 0.200. The molecule has 0 aliphatic carbocycles. The second-order valence-electron chi connectivity index (χ2n) is 7.35. The minimum Gasteiger partial charge on any atom is -0.494 e. The van der Waals surface area contributed by atoms with Crippen molar-refractivity contribution >= 4 is 22.5 Å². The standard InChI is InChI=1S/C23H26N4O2/c1-18-15-22(25-17-24-18)26-10-12-27(13-11-26)23(28)7-4-14-29-21-9-8-19-5-2-3-6-20(19)16-21/h2-3,5-6,8-9,15-17H,4,7,10-14H2,1H3. The summed E-state index contributed by atoms with van der Waals surface area (Å²) in [7, 11) is 0. The lowest BCUT2D eigenvalue weighted by atomic mass is 10.1. The predicted molar refractivity (Wildman–Crippen MR) is 114 cm³/mol. The molecule has 6 heteroatoms. The third-order valence-corrected chi connectivity index (χ3v) is 5.27. The van der Waals surface area contributed by atoms with Crippen LogP contribution in [0.4, 0.5) is 5.82 Å². The number of piperazine rings is 1. The number of hydrogen-bond acceptors (Lipinski definition) is 5. The summed E-state index contributed by atoms with van der Waals surface area (Å²) in [6.07, 6.45) is 2.83. The van der Waals surface area contributed by atoms with E-state index in [1.807, 2.05) is 42.2 Å². The molecule has 2 aromatic carbocycles. The number of aryl methyl sites for hydroxylation is 1. The van der Waals surface area contributed by atoms with E-state index in [1.165, 1.54) is 5.39 Å². The number of carbonyl (C=O) groups is 1. The van der Waals surface area contributed by atoms with Crippen LogP contribution in [0.1, 0.15) is 18.5 Å². The maximum Gasteiger partial charge on any atom is 0.222 e.